The number of benzene rings is 2. The first-order valence-electron chi connectivity index (χ1n) is 14.1. The molecule has 1 aliphatic heterocycles. The van der Waals surface area contributed by atoms with E-state index in [0.29, 0.717) is 41.7 Å². The Kier molecular flexibility index (Phi) is 6.80. The van der Waals surface area contributed by atoms with E-state index in [4.69, 9.17) is 12.2 Å². The maximum Gasteiger partial charge on any atom is 0.244 e. The molecule has 0 radical (unpaired) electrons. The van der Waals surface area contributed by atoms with Crippen molar-refractivity contribution in [1.29, 1.82) is 5.26 Å². The number of nitrogens with one attached hydrogen (secondary N) is 4. The lowest BCUT2D eigenvalue weighted by atomic mass is 9.96. The van der Waals surface area contributed by atoms with E-state index in [1.165, 1.54) is 0 Å². The highest BCUT2D eigenvalue weighted by atomic mass is 16.2. The number of aromatic nitrogens is 2. The number of anilines is 2. The normalized spacial score (nSPS) is 16.1. The Hall–Kier alpha value is -5.32. The Morgan fingerprint density at radius 1 is 1.21 bits per heavy atom. The van der Waals surface area contributed by atoms with Crippen molar-refractivity contribution in [2.75, 3.05) is 17.2 Å². The molecular formula is C33H33N9O. The van der Waals surface area contributed by atoms with Crippen molar-refractivity contribution in [3.8, 4) is 18.4 Å². The summed E-state index contributed by atoms with van der Waals surface area (Å²) < 4.78 is 0. The lowest BCUT2D eigenvalue weighted by Crippen LogP contribution is -2.51. The number of rotatable bonds is 8. The van der Waals surface area contributed by atoms with Gasteiger partial charge in [-0.2, -0.15) is 5.26 Å². The molecule has 43 heavy (non-hydrogen) atoms. The Labute approximate surface area is 250 Å². The average Bonchev–Trinajstić information content (AvgIpc) is 3.67. The van der Waals surface area contributed by atoms with Gasteiger partial charge < -0.3 is 21.8 Å². The number of terminal acetylenes is 1. The number of hydrazine groups is 2. The van der Waals surface area contributed by atoms with Crippen molar-refractivity contribution in [3.63, 3.8) is 0 Å². The van der Waals surface area contributed by atoms with Crippen molar-refractivity contribution >= 4 is 39.0 Å². The minimum atomic E-state index is -0.760. The lowest BCUT2D eigenvalue weighted by Gasteiger charge is -2.24. The van der Waals surface area contributed by atoms with E-state index in [-0.39, 0.29) is 11.3 Å². The number of fused-ring (bicyclic) bond motifs is 2. The van der Waals surface area contributed by atoms with Gasteiger partial charge in [0.25, 0.3) is 0 Å². The third kappa shape index (κ3) is 5.14. The van der Waals surface area contributed by atoms with E-state index in [9.17, 15) is 10.1 Å². The van der Waals surface area contributed by atoms with E-state index in [1.54, 1.807) is 23.5 Å². The van der Waals surface area contributed by atoms with Crippen molar-refractivity contribution in [2.45, 2.75) is 45.2 Å². The van der Waals surface area contributed by atoms with Crippen LogP contribution in [0.5, 0.6) is 0 Å². The average molecular weight is 572 g/mol. The molecular weight excluding hydrogens is 538 g/mol. The second-order valence-corrected chi connectivity index (χ2v) is 12.2. The zero-order chi connectivity index (χ0) is 30.4. The number of carbonyl (C=O) groups excluding carboxylic acids is 1. The fourth-order valence-electron chi connectivity index (χ4n) is 5.44. The predicted molar refractivity (Wildman–Crippen MR) is 168 cm³/mol. The molecule has 216 valence electrons. The molecule has 0 spiro atoms. The van der Waals surface area contributed by atoms with Gasteiger partial charge in [0, 0.05) is 47.8 Å². The van der Waals surface area contributed by atoms with E-state index in [2.05, 4.69) is 64.3 Å². The van der Waals surface area contributed by atoms with E-state index in [1.807, 2.05) is 42.7 Å². The van der Waals surface area contributed by atoms with Gasteiger partial charge in [0.15, 0.2) is 0 Å². The first-order chi connectivity index (χ1) is 20.6. The SMILES string of the molecule is C#Cc1cnc2c(C#N)cc(N[C@H](C3=CN(C4(C(N)=O)CC4)NN3)c3cccc4cnccc34)cc2c1NCC(C)(C)C. The van der Waals surface area contributed by atoms with Gasteiger partial charge in [-0.1, -0.05) is 44.9 Å². The van der Waals surface area contributed by atoms with Crippen LogP contribution in [0.1, 0.15) is 56.3 Å². The highest BCUT2D eigenvalue weighted by molar-refractivity contribution is 5.99. The minimum absolute atomic E-state index is 0.00692. The maximum atomic E-state index is 12.3. The number of nitrogens with two attached hydrogens (primary N) is 1. The number of nitriles is 1. The first kappa shape index (κ1) is 27.8. The summed E-state index contributed by atoms with van der Waals surface area (Å²) in [7, 11) is 0. The number of hydrogen-bond donors (Lipinski definition) is 5. The van der Waals surface area contributed by atoms with Gasteiger partial charge in [-0.3, -0.25) is 19.8 Å². The third-order valence-corrected chi connectivity index (χ3v) is 7.92. The van der Waals surface area contributed by atoms with Crippen molar-refractivity contribution < 1.29 is 4.79 Å². The molecule has 2 aromatic carbocycles. The van der Waals surface area contributed by atoms with Crippen LogP contribution in [-0.2, 0) is 4.79 Å². The van der Waals surface area contributed by atoms with Crippen LogP contribution in [0.25, 0.3) is 21.7 Å². The molecule has 1 fully saturated rings. The van der Waals surface area contributed by atoms with Gasteiger partial charge in [0.1, 0.15) is 11.6 Å². The number of primary amides is 1. The fourth-order valence-corrected chi connectivity index (χ4v) is 5.44. The fraction of sp³-hybridized carbons (Fsp3) is 0.273. The van der Waals surface area contributed by atoms with E-state index < -0.39 is 11.6 Å². The van der Waals surface area contributed by atoms with Gasteiger partial charge in [0.2, 0.25) is 5.91 Å². The monoisotopic (exact) mass is 571 g/mol. The Morgan fingerprint density at radius 3 is 2.72 bits per heavy atom. The van der Waals surface area contributed by atoms with Gasteiger partial charge in [-0.25, -0.2) is 0 Å². The molecule has 6 N–H and O–H groups in total. The summed E-state index contributed by atoms with van der Waals surface area (Å²) in [5, 5.41) is 21.8. The molecule has 0 unspecified atom stereocenters. The molecule has 3 heterocycles. The second-order valence-electron chi connectivity index (χ2n) is 12.2. The predicted octanol–water partition coefficient (Wildman–Crippen LogP) is 4.43. The van der Waals surface area contributed by atoms with Crippen molar-refractivity contribution in [2.24, 2.45) is 11.1 Å². The molecule has 10 nitrogen and oxygen atoms in total. The highest BCUT2D eigenvalue weighted by Gasteiger charge is 2.54. The first-order valence-corrected chi connectivity index (χ1v) is 14.1. The van der Waals surface area contributed by atoms with Crippen LogP contribution in [0.2, 0.25) is 0 Å². The minimum Gasteiger partial charge on any atom is -0.383 e. The largest absolute Gasteiger partial charge is 0.383 e. The molecule has 2 aliphatic rings. The zero-order valence-electron chi connectivity index (χ0n) is 24.3. The van der Waals surface area contributed by atoms with Crippen LogP contribution in [-0.4, -0.2) is 33.0 Å². The standard InChI is InChI=1S/C33H33N9O/c1-5-20-17-37-29-22(15-34)13-23(14-26(29)28(20)38-19-32(2,3)4)39-30(25-8-6-7-21-16-36-12-9-24(21)25)27-18-42(41-40-27)33(10-11-33)31(35)43/h1,6-9,12-14,16-18,30,39-41H,10-11,19H2,2-4H3,(H2,35,43)(H,37,38)/t30-/m0/s1. The second kappa shape index (κ2) is 10.5. The highest BCUT2D eigenvalue weighted by Crippen LogP contribution is 2.43. The van der Waals surface area contributed by atoms with Crippen LogP contribution in [0, 0.1) is 29.1 Å². The summed E-state index contributed by atoms with van der Waals surface area (Å²) in [6.07, 6.45) is 14.3. The van der Waals surface area contributed by atoms with Crippen molar-refractivity contribution in [1.82, 2.24) is 25.9 Å². The molecule has 1 saturated carbocycles. The molecule has 6 rings (SSSR count). The summed E-state index contributed by atoms with van der Waals surface area (Å²) in [6.45, 7) is 7.09. The van der Waals surface area contributed by atoms with E-state index in [0.717, 1.165) is 33.1 Å². The Bertz CT molecular complexity index is 1870. The van der Waals surface area contributed by atoms with Crippen LogP contribution >= 0.6 is 0 Å². The number of pyridine rings is 2. The van der Waals surface area contributed by atoms with Crippen LogP contribution in [0.3, 0.4) is 0 Å². The van der Waals surface area contributed by atoms with E-state index >= 15 is 0 Å². The smallest absolute Gasteiger partial charge is 0.244 e. The zero-order valence-corrected chi connectivity index (χ0v) is 24.3. The maximum absolute atomic E-state index is 12.3. The summed E-state index contributed by atoms with van der Waals surface area (Å²) in [4.78, 5) is 21.1. The third-order valence-electron chi connectivity index (χ3n) is 7.92. The molecule has 1 atom stereocenters. The number of hydrogen-bond acceptors (Lipinski definition) is 9. The molecule has 10 heteroatoms. The number of nitrogens with zero attached hydrogens (tertiary/aromatic N) is 4. The number of amides is 1. The topological polar surface area (TPSA) is 144 Å². The van der Waals surface area contributed by atoms with Crippen LogP contribution < -0.4 is 27.3 Å². The quantitative estimate of drug-likeness (QED) is 0.194. The van der Waals surface area contributed by atoms with Gasteiger partial charge in [0.05, 0.1) is 34.1 Å². The Morgan fingerprint density at radius 2 is 2.02 bits per heavy atom. The lowest BCUT2D eigenvalue weighted by molar-refractivity contribution is -0.124. The van der Waals surface area contributed by atoms with Gasteiger partial charge >= 0.3 is 0 Å². The summed E-state index contributed by atoms with van der Waals surface area (Å²) in [5.41, 5.74) is 16.2. The molecule has 2 aromatic heterocycles. The van der Waals surface area contributed by atoms with Gasteiger partial charge in [-0.05, 0) is 47.4 Å². The summed E-state index contributed by atoms with van der Waals surface area (Å²) in [6, 6.07) is 13.7. The number of carbonyl (C=O) groups is 1. The molecule has 0 bridgehead atoms. The van der Waals surface area contributed by atoms with Crippen LogP contribution in [0.15, 0.2) is 66.9 Å². The molecule has 1 amide bonds. The Balaban J connectivity index is 1.49. The molecule has 4 aromatic rings. The van der Waals surface area contributed by atoms with Gasteiger partial charge in [-0.15, -0.1) is 12.0 Å². The van der Waals surface area contributed by atoms with Crippen LogP contribution in [0.4, 0.5) is 11.4 Å². The molecule has 0 saturated heterocycles. The summed E-state index contributed by atoms with van der Waals surface area (Å²) >= 11 is 0. The van der Waals surface area contributed by atoms with Crippen molar-refractivity contribution in [3.05, 3.63) is 83.6 Å². The molecule has 1 aliphatic carbocycles. The summed E-state index contributed by atoms with van der Waals surface area (Å²) in [5.74, 6) is 2.37.